The number of anilines is 1. The Bertz CT molecular complexity index is 408. The average molecular weight is 164 g/mol. The van der Waals surface area contributed by atoms with Gasteiger partial charge in [0.2, 0.25) is 0 Å². The van der Waals surface area contributed by atoms with Crippen LogP contribution in [0.25, 0.3) is 11.0 Å². The summed E-state index contributed by atoms with van der Waals surface area (Å²) in [6.45, 7) is 0. The standard InChI is InChI=1S/C8H8N2O2/c1-11-8-3-7-5(2-6(8)9)4-10-12-7/h2-4H,9H2,1H3. The molecule has 1 aromatic heterocycles. The fourth-order valence-corrected chi connectivity index (χ4v) is 1.09. The Morgan fingerprint density at radius 2 is 2.33 bits per heavy atom. The van der Waals surface area contributed by atoms with E-state index in [0.717, 1.165) is 5.39 Å². The van der Waals surface area contributed by atoms with Crippen molar-refractivity contribution in [3.63, 3.8) is 0 Å². The third kappa shape index (κ3) is 0.887. The molecule has 0 radical (unpaired) electrons. The van der Waals surface area contributed by atoms with Crippen LogP contribution < -0.4 is 10.5 Å². The van der Waals surface area contributed by atoms with Gasteiger partial charge in [0, 0.05) is 11.5 Å². The smallest absolute Gasteiger partial charge is 0.170 e. The Morgan fingerprint density at radius 3 is 3.08 bits per heavy atom. The van der Waals surface area contributed by atoms with Gasteiger partial charge in [-0.2, -0.15) is 0 Å². The maximum absolute atomic E-state index is 5.66. The number of rotatable bonds is 1. The SMILES string of the molecule is COc1cc2oncc2cc1N. The van der Waals surface area contributed by atoms with Crippen LogP contribution in [0.2, 0.25) is 0 Å². The van der Waals surface area contributed by atoms with Crippen molar-refractivity contribution in [1.82, 2.24) is 5.16 Å². The Morgan fingerprint density at radius 1 is 1.50 bits per heavy atom. The van der Waals surface area contributed by atoms with E-state index in [1.54, 1.807) is 25.4 Å². The van der Waals surface area contributed by atoms with E-state index in [0.29, 0.717) is 17.0 Å². The van der Waals surface area contributed by atoms with Gasteiger partial charge in [0.05, 0.1) is 19.0 Å². The molecule has 2 N–H and O–H groups in total. The molecule has 0 aliphatic heterocycles. The molecule has 0 unspecified atom stereocenters. The van der Waals surface area contributed by atoms with Gasteiger partial charge in [-0.05, 0) is 6.07 Å². The van der Waals surface area contributed by atoms with Crippen molar-refractivity contribution in [3.8, 4) is 5.75 Å². The van der Waals surface area contributed by atoms with Gasteiger partial charge in [-0.1, -0.05) is 5.16 Å². The van der Waals surface area contributed by atoms with Crippen LogP contribution >= 0.6 is 0 Å². The van der Waals surface area contributed by atoms with Crippen LogP contribution in [0.4, 0.5) is 5.69 Å². The molecule has 0 aliphatic rings. The zero-order chi connectivity index (χ0) is 8.55. The normalized spacial score (nSPS) is 10.4. The molecule has 0 atom stereocenters. The molecular formula is C8H8N2O2. The summed E-state index contributed by atoms with van der Waals surface area (Å²) in [5, 5.41) is 4.51. The maximum atomic E-state index is 5.66. The fourth-order valence-electron chi connectivity index (χ4n) is 1.09. The van der Waals surface area contributed by atoms with Crippen LogP contribution in [0.3, 0.4) is 0 Å². The molecule has 0 bridgehead atoms. The van der Waals surface area contributed by atoms with Gasteiger partial charge in [-0.15, -0.1) is 0 Å². The third-order valence-electron chi connectivity index (χ3n) is 1.70. The van der Waals surface area contributed by atoms with Crippen molar-refractivity contribution in [3.05, 3.63) is 18.3 Å². The van der Waals surface area contributed by atoms with Gasteiger partial charge in [-0.3, -0.25) is 0 Å². The van der Waals surface area contributed by atoms with Crippen molar-refractivity contribution in [2.24, 2.45) is 0 Å². The quantitative estimate of drug-likeness (QED) is 0.647. The van der Waals surface area contributed by atoms with Crippen LogP contribution in [-0.2, 0) is 0 Å². The summed E-state index contributed by atoms with van der Waals surface area (Å²) in [4.78, 5) is 0. The summed E-state index contributed by atoms with van der Waals surface area (Å²) in [6, 6.07) is 3.49. The molecule has 62 valence electrons. The molecule has 1 aromatic carbocycles. The second kappa shape index (κ2) is 2.41. The molecule has 0 fully saturated rings. The molecule has 12 heavy (non-hydrogen) atoms. The summed E-state index contributed by atoms with van der Waals surface area (Å²) in [5.41, 5.74) is 6.93. The molecule has 1 heterocycles. The lowest BCUT2D eigenvalue weighted by atomic mass is 10.2. The monoisotopic (exact) mass is 164 g/mol. The average Bonchev–Trinajstić information content (AvgIpc) is 2.49. The lowest BCUT2D eigenvalue weighted by Gasteiger charge is -2.01. The molecule has 4 heteroatoms. The zero-order valence-corrected chi connectivity index (χ0v) is 6.57. The number of hydrogen-bond acceptors (Lipinski definition) is 4. The molecule has 4 nitrogen and oxygen atoms in total. The predicted octanol–water partition coefficient (Wildman–Crippen LogP) is 1.42. The van der Waals surface area contributed by atoms with Gasteiger partial charge in [-0.25, -0.2) is 0 Å². The number of benzene rings is 1. The minimum absolute atomic E-state index is 0.591. The van der Waals surface area contributed by atoms with Gasteiger partial charge in [0.1, 0.15) is 5.75 Å². The number of aromatic nitrogens is 1. The highest BCUT2D eigenvalue weighted by atomic mass is 16.5. The van der Waals surface area contributed by atoms with Gasteiger partial charge in [0.15, 0.2) is 5.58 Å². The molecule has 0 saturated heterocycles. The van der Waals surface area contributed by atoms with Crippen molar-refractivity contribution in [2.45, 2.75) is 0 Å². The first-order valence-corrected chi connectivity index (χ1v) is 3.49. The second-order valence-corrected chi connectivity index (χ2v) is 2.46. The number of nitrogens with two attached hydrogens (primary N) is 1. The van der Waals surface area contributed by atoms with Gasteiger partial charge >= 0.3 is 0 Å². The first-order chi connectivity index (χ1) is 5.81. The first kappa shape index (κ1) is 6.97. The molecule has 0 saturated carbocycles. The van der Waals surface area contributed by atoms with Crippen LogP contribution in [0.15, 0.2) is 22.9 Å². The van der Waals surface area contributed by atoms with E-state index >= 15 is 0 Å². The highest BCUT2D eigenvalue weighted by molar-refractivity contribution is 5.82. The van der Waals surface area contributed by atoms with E-state index in [-0.39, 0.29) is 0 Å². The lowest BCUT2D eigenvalue weighted by Crippen LogP contribution is -1.90. The van der Waals surface area contributed by atoms with Crippen molar-refractivity contribution in [2.75, 3.05) is 12.8 Å². The van der Waals surface area contributed by atoms with E-state index in [1.165, 1.54) is 0 Å². The van der Waals surface area contributed by atoms with E-state index in [2.05, 4.69) is 5.16 Å². The number of methoxy groups -OCH3 is 1. The van der Waals surface area contributed by atoms with Gasteiger partial charge in [0.25, 0.3) is 0 Å². The summed E-state index contributed by atoms with van der Waals surface area (Å²) in [6.07, 6.45) is 1.62. The number of nitrogen functional groups attached to an aromatic ring is 1. The number of hydrogen-bond donors (Lipinski definition) is 1. The highest BCUT2D eigenvalue weighted by Crippen LogP contribution is 2.27. The first-order valence-electron chi connectivity index (χ1n) is 3.49. The van der Waals surface area contributed by atoms with Crippen molar-refractivity contribution < 1.29 is 9.26 Å². The van der Waals surface area contributed by atoms with E-state index in [4.69, 9.17) is 15.0 Å². The molecule has 0 aliphatic carbocycles. The number of ether oxygens (including phenoxy) is 1. The van der Waals surface area contributed by atoms with Crippen LogP contribution in [0, 0.1) is 0 Å². The van der Waals surface area contributed by atoms with Crippen molar-refractivity contribution >= 4 is 16.7 Å². The topological polar surface area (TPSA) is 61.3 Å². The largest absolute Gasteiger partial charge is 0.494 e. The fraction of sp³-hybridized carbons (Fsp3) is 0.125. The molecule has 2 rings (SSSR count). The minimum atomic E-state index is 0.591. The van der Waals surface area contributed by atoms with Crippen LogP contribution in [0.5, 0.6) is 5.75 Å². The van der Waals surface area contributed by atoms with E-state index < -0.39 is 0 Å². The summed E-state index contributed by atoms with van der Waals surface area (Å²) >= 11 is 0. The summed E-state index contributed by atoms with van der Waals surface area (Å²) in [7, 11) is 1.56. The number of nitrogens with zero attached hydrogens (tertiary/aromatic N) is 1. The molecular weight excluding hydrogens is 156 g/mol. The highest BCUT2D eigenvalue weighted by Gasteiger charge is 2.04. The summed E-state index contributed by atoms with van der Waals surface area (Å²) in [5.74, 6) is 0.610. The lowest BCUT2D eigenvalue weighted by molar-refractivity contribution is 0.414. The zero-order valence-electron chi connectivity index (χ0n) is 6.57. The maximum Gasteiger partial charge on any atom is 0.170 e. The Hall–Kier alpha value is -1.71. The predicted molar refractivity (Wildman–Crippen MR) is 45.0 cm³/mol. The van der Waals surface area contributed by atoms with E-state index in [9.17, 15) is 0 Å². The second-order valence-electron chi connectivity index (χ2n) is 2.46. The Balaban J connectivity index is 2.73. The molecule has 0 amide bonds. The number of fused-ring (bicyclic) bond motifs is 1. The third-order valence-corrected chi connectivity index (χ3v) is 1.70. The van der Waals surface area contributed by atoms with Crippen LogP contribution in [0.1, 0.15) is 0 Å². The molecule has 0 spiro atoms. The van der Waals surface area contributed by atoms with E-state index in [1.807, 2.05) is 0 Å². The van der Waals surface area contributed by atoms with Crippen LogP contribution in [-0.4, -0.2) is 12.3 Å². The molecule has 2 aromatic rings. The van der Waals surface area contributed by atoms with Gasteiger partial charge < -0.3 is 15.0 Å². The Kier molecular flexibility index (Phi) is 1.40. The minimum Gasteiger partial charge on any atom is -0.494 e. The van der Waals surface area contributed by atoms with Crippen molar-refractivity contribution in [1.29, 1.82) is 0 Å². The summed E-state index contributed by atoms with van der Waals surface area (Å²) < 4.78 is 9.94. The Labute approximate surface area is 68.9 Å².